The Morgan fingerprint density at radius 3 is 2.80 bits per heavy atom. The van der Waals surface area contributed by atoms with Gasteiger partial charge in [0.15, 0.2) is 22.1 Å². The van der Waals surface area contributed by atoms with Crippen LogP contribution in [0.3, 0.4) is 0 Å². The molecule has 0 radical (unpaired) electrons. The lowest BCUT2D eigenvalue weighted by Crippen LogP contribution is -2.06. The number of benzene rings is 1. The summed E-state index contributed by atoms with van der Waals surface area (Å²) in [7, 11) is 0. The van der Waals surface area contributed by atoms with Gasteiger partial charge in [-0.3, -0.25) is 4.57 Å². The van der Waals surface area contributed by atoms with Crippen LogP contribution in [0.5, 0.6) is 0 Å². The Morgan fingerprint density at radius 1 is 1.35 bits per heavy atom. The molecule has 20 heavy (non-hydrogen) atoms. The maximum Gasteiger partial charge on any atom is 0.184 e. The van der Waals surface area contributed by atoms with Gasteiger partial charge in [0.25, 0.3) is 0 Å². The van der Waals surface area contributed by atoms with E-state index < -0.39 is 11.6 Å². The van der Waals surface area contributed by atoms with Gasteiger partial charge in [-0.15, -0.1) is 0 Å². The van der Waals surface area contributed by atoms with Gasteiger partial charge >= 0.3 is 0 Å². The number of aromatic nitrogens is 4. The Bertz CT molecular complexity index is 859. The molecule has 0 atom stereocenters. The molecular formula is C13H12F2N4S. The molecule has 0 amide bonds. The Morgan fingerprint density at radius 2 is 2.10 bits per heavy atom. The van der Waals surface area contributed by atoms with E-state index in [4.69, 9.17) is 12.2 Å². The molecule has 0 bridgehead atoms. The van der Waals surface area contributed by atoms with Crippen molar-refractivity contribution in [2.24, 2.45) is 0 Å². The summed E-state index contributed by atoms with van der Waals surface area (Å²) in [5, 5.41) is 4.35. The number of fused-ring (bicyclic) bond motifs is 1. The molecule has 0 aliphatic rings. The minimum absolute atomic E-state index is 0.0795. The number of H-pyrrole nitrogens is 1. The summed E-state index contributed by atoms with van der Waals surface area (Å²) in [5.74, 6) is -1.83. The first-order valence-corrected chi connectivity index (χ1v) is 6.58. The molecule has 3 aromatic rings. The molecule has 7 heteroatoms. The lowest BCUT2D eigenvalue weighted by molar-refractivity contribution is 0.504. The molecule has 0 fully saturated rings. The van der Waals surface area contributed by atoms with Crippen molar-refractivity contribution in [3.05, 3.63) is 40.3 Å². The quantitative estimate of drug-likeness (QED) is 0.735. The van der Waals surface area contributed by atoms with E-state index in [9.17, 15) is 8.78 Å². The summed E-state index contributed by atoms with van der Waals surface area (Å²) in [4.78, 5) is 3.00. The second-order valence-electron chi connectivity index (χ2n) is 4.44. The molecule has 3 rings (SSSR count). The van der Waals surface area contributed by atoms with Crippen LogP contribution < -0.4 is 0 Å². The van der Waals surface area contributed by atoms with Gasteiger partial charge in [0.1, 0.15) is 5.52 Å². The number of aromatic amines is 1. The van der Waals surface area contributed by atoms with Crippen LogP contribution in [0.1, 0.15) is 12.6 Å². The van der Waals surface area contributed by atoms with Crippen LogP contribution >= 0.6 is 12.2 Å². The highest BCUT2D eigenvalue weighted by atomic mass is 32.1. The fourth-order valence-corrected chi connectivity index (χ4v) is 2.60. The summed E-state index contributed by atoms with van der Waals surface area (Å²) in [6.45, 7) is 4.37. The van der Waals surface area contributed by atoms with Gasteiger partial charge < -0.3 is 4.98 Å². The number of imidazole rings is 1. The van der Waals surface area contributed by atoms with Crippen molar-refractivity contribution in [1.29, 1.82) is 0 Å². The fraction of sp³-hybridized carbons (Fsp3) is 0.231. The number of aryl methyl sites for hydroxylation is 2. The van der Waals surface area contributed by atoms with Crippen LogP contribution in [0.25, 0.3) is 16.9 Å². The fourth-order valence-electron chi connectivity index (χ4n) is 2.31. The van der Waals surface area contributed by atoms with Gasteiger partial charge in [-0.25, -0.2) is 13.5 Å². The zero-order valence-electron chi connectivity index (χ0n) is 10.9. The van der Waals surface area contributed by atoms with Gasteiger partial charge in [-0.1, -0.05) is 6.07 Å². The van der Waals surface area contributed by atoms with Crippen molar-refractivity contribution < 1.29 is 8.78 Å². The summed E-state index contributed by atoms with van der Waals surface area (Å²) in [6, 6.07) is 4.02. The largest absolute Gasteiger partial charge is 0.327 e. The molecule has 104 valence electrons. The lowest BCUT2D eigenvalue weighted by Gasteiger charge is -2.07. The van der Waals surface area contributed by atoms with Crippen molar-refractivity contribution >= 4 is 23.4 Å². The molecule has 4 nitrogen and oxygen atoms in total. The number of hydrogen-bond donors (Lipinski definition) is 1. The van der Waals surface area contributed by atoms with E-state index in [1.807, 2.05) is 13.8 Å². The first kappa shape index (κ1) is 13.0. The van der Waals surface area contributed by atoms with Crippen molar-refractivity contribution in [2.75, 3.05) is 0 Å². The Labute approximate surface area is 118 Å². The van der Waals surface area contributed by atoms with Gasteiger partial charge in [0.2, 0.25) is 0 Å². The van der Waals surface area contributed by atoms with E-state index in [1.165, 1.54) is 16.7 Å². The van der Waals surface area contributed by atoms with Crippen LogP contribution in [0, 0.1) is 23.3 Å². The van der Waals surface area contributed by atoms with Crippen molar-refractivity contribution in [3.63, 3.8) is 0 Å². The van der Waals surface area contributed by atoms with Crippen LogP contribution in [-0.4, -0.2) is 19.3 Å². The summed E-state index contributed by atoms with van der Waals surface area (Å²) in [5.41, 5.74) is 2.22. The van der Waals surface area contributed by atoms with Crippen molar-refractivity contribution in [2.45, 2.75) is 20.4 Å². The highest BCUT2D eigenvalue weighted by Gasteiger charge is 2.18. The van der Waals surface area contributed by atoms with Crippen LogP contribution in [0.2, 0.25) is 0 Å². The lowest BCUT2D eigenvalue weighted by atomic mass is 10.3. The zero-order valence-corrected chi connectivity index (χ0v) is 11.8. The van der Waals surface area contributed by atoms with Crippen LogP contribution in [-0.2, 0) is 6.54 Å². The van der Waals surface area contributed by atoms with E-state index in [1.54, 1.807) is 4.68 Å². The molecule has 1 aromatic carbocycles. The average Bonchev–Trinajstić information content (AvgIpc) is 2.90. The number of nitrogens with one attached hydrogen (secondary N) is 1. The first-order valence-electron chi connectivity index (χ1n) is 6.17. The molecular weight excluding hydrogens is 282 g/mol. The topological polar surface area (TPSA) is 38.5 Å². The first-order chi connectivity index (χ1) is 9.54. The third-order valence-electron chi connectivity index (χ3n) is 3.22. The van der Waals surface area contributed by atoms with E-state index in [2.05, 4.69) is 10.1 Å². The SMILES string of the molecule is CCn1nc(C)c2[nH]c(=S)n(-c3cccc(F)c3F)c21. The normalized spacial score (nSPS) is 11.4. The van der Waals surface area contributed by atoms with Gasteiger partial charge in [0.05, 0.1) is 11.4 Å². The molecule has 2 aromatic heterocycles. The number of halogens is 2. The maximum atomic E-state index is 14.0. The predicted octanol–water partition coefficient (Wildman–Crippen LogP) is 3.49. The molecule has 1 N–H and O–H groups in total. The number of rotatable bonds is 2. The number of hydrogen-bond acceptors (Lipinski definition) is 2. The van der Waals surface area contributed by atoms with Gasteiger partial charge in [-0.05, 0) is 38.2 Å². The smallest absolute Gasteiger partial charge is 0.184 e. The third kappa shape index (κ3) is 1.70. The summed E-state index contributed by atoms with van der Waals surface area (Å²) in [6.07, 6.45) is 0. The minimum Gasteiger partial charge on any atom is -0.327 e. The molecule has 0 aliphatic heterocycles. The predicted molar refractivity (Wildman–Crippen MR) is 74.6 cm³/mol. The summed E-state index contributed by atoms with van der Waals surface area (Å²) < 4.78 is 31.0. The summed E-state index contributed by atoms with van der Waals surface area (Å²) >= 11 is 5.24. The standard InChI is InChI=1S/C13H12F2N4S/c1-3-18-12-11(7(2)17-18)16-13(20)19(12)9-6-4-5-8(14)10(9)15/h4-6H,3H2,1-2H3,(H,16,20). The number of nitrogens with zero attached hydrogens (tertiary/aromatic N) is 3. The molecule has 0 saturated heterocycles. The second-order valence-corrected chi connectivity index (χ2v) is 4.82. The highest BCUT2D eigenvalue weighted by molar-refractivity contribution is 7.71. The maximum absolute atomic E-state index is 14.0. The van der Waals surface area contributed by atoms with E-state index in [0.717, 1.165) is 17.3 Å². The van der Waals surface area contributed by atoms with Gasteiger partial charge in [-0.2, -0.15) is 5.10 Å². The van der Waals surface area contributed by atoms with Crippen LogP contribution in [0.15, 0.2) is 18.2 Å². The minimum atomic E-state index is -0.925. The molecule has 0 unspecified atom stereocenters. The average molecular weight is 294 g/mol. The van der Waals surface area contributed by atoms with E-state index in [-0.39, 0.29) is 5.69 Å². The van der Waals surface area contributed by atoms with Crippen molar-refractivity contribution in [1.82, 2.24) is 19.3 Å². The Kier molecular flexibility index (Phi) is 2.93. The molecule has 2 heterocycles. The van der Waals surface area contributed by atoms with Gasteiger partial charge in [0, 0.05) is 6.54 Å². The third-order valence-corrected chi connectivity index (χ3v) is 3.50. The van der Waals surface area contributed by atoms with E-state index in [0.29, 0.717) is 17.0 Å². The van der Waals surface area contributed by atoms with Crippen molar-refractivity contribution in [3.8, 4) is 5.69 Å². The molecule has 0 aliphatic carbocycles. The zero-order chi connectivity index (χ0) is 14.4. The molecule has 0 saturated carbocycles. The Hall–Kier alpha value is -2.02. The highest BCUT2D eigenvalue weighted by Crippen LogP contribution is 2.24. The monoisotopic (exact) mass is 294 g/mol. The second kappa shape index (κ2) is 4.52. The van der Waals surface area contributed by atoms with E-state index >= 15 is 0 Å². The molecule has 0 spiro atoms. The van der Waals surface area contributed by atoms with Crippen LogP contribution in [0.4, 0.5) is 8.78 Å². The Balaban J connectivity index is 2.44.